The van der Waals surface area contributed by atoms with Crippen LogP contribution in [0.15, 0.2) is 35.2 Å². The second-order valence-corrected chi connectivity index (χ2v) is 8.66. The molecular weight excluding hydrogens is 295 g/mol. The minimum Gasteiger partial charge on any atom is -0.125 e. The van der Waals surface area contributed by atoms with E-state index >= 15 is 0 Å². The van der Waals surface area contributed by atoms with Crippen LogP contribution < -0.4 is 5.46 Å². The van der Waals surface area contributed by atoms with Gasteiger partial charge in [0.1, 0.15) is 7.85 Å². The van der Waals surface area contributed by atoms with E-state index in [1.165, 1.54) is 4.90 Å². The summed E-state index contributed by atoms with van der Waals surface area (Å²) in [6, 6.07) is 9.99. The van der Waals surface area contributed by atoms with Crippen LogP contribution >= 0.6 is 23.4 Å². The minimum atomic E-state index is 0.229. The average molecular weight is 317 g/mol. The van der Waals surface area contributed by atoms with E-state index < -0.39 is 0 Å². The monoisotopic (exact) mass is 316 g/mol. The molecule has 2 rings (SSSR count). The molecule has 0 atom stereocenters. The first-order valence-corrected chi connectivity index (χ1v) is 8.59. The Bertz CT molecular complexity index is 656. The van der Waals surface area contributed by atoms with Crippen LogP contribution in [-0.4, -0.2) is 13.6 Å². The zero-order valence-corrected chi connectivity index (χ0v) is 15.0. The van der Waals surface area contributed by atoms with Crippen molar-refractivity contribution in [3.63, 3.8) is 0 Å². The van der Waals surface area contributed by atoms with Crippen molar-refractivity contribution < 1.29 is 0 Å². The Morgan fingerprint density at radius 1 is 1.05 bits per heavy atom. The van der Waals surface area contributed by atoms with Gasteiger partial charge in [-0.25, -0.2) is 0 Å². The lowest BCUT2D eigenvalue weighted by Crippen LogP contribution is -2.31. The van der Waals surface area contributed by atoms with Crippen LogP contribution in [0, 0.1) is 10.8 Å². The fraction of sp³-hybridized carbons (Fsp3) is 0.444. The van der Waals surface area contributed by atoms with Crippen LogP contribution in [-0.2, 0) is 0 Å². The Morgan fingerprint density at radius 2 is 1.71 bits per heavy atom. The summed E-state index contributed by atoms with van der Waals surface area (Å²) in [5.74, 6) is 1.04. The summed E-state index contributed by atoms with van der Waals surface area (Å²) >= 11 is 8.27. The SMILES string of the molecule is [B]c1ccc(Cl)c2c(SCC(C)(C)C(C)(C)C)cccc12. The number of fused-ring (bicyclic) bond motifs is 1. The van der Waals surface area contributed by atoms with Gasteiger partial charge in [0.25, 0.3) is 0 Å². The summed E-state index contributed by atoms with van der Waals surface area (Å²) in [6.07, 6.45) is 0. The zero-order chi connectivity index (χ0) is 15.8. The molecule has 0 aromatic heterocycles. The van der Waals surface area contributed by atoms with Crippen LogP contribution in [0.3, 0.4) is 0 Å². The normalized spacial score (nSPS) is 12.9. The van der Waals surface area contributed by atoms with Gasteiger partial charge in [-0.2, -0.15) is 0 Å². The Balaban J connectivity index is 2.38. The minimum absolute atomic E-state index is 0.229. The highest BCUT2D eigenvalue weighted by molar-refractivity contribution is 7.99. The number of hydrogen-bond acceptors (Lipinski definition) is 1. The molecule has 0 heterocycles. The molecule has 110 valence electrons. The number of benzene rings is 2. The van der Waals surface area contributed by atoms with Crippen LogP contribution in [0.4, 0.5) is 0 Å². The molecule has 0 aliphatic heterocycles. The summed E-state index contributed by atoms with van der Waals surface area (Å²) in [7, 11) is 6.08. The lowest BCUT2D eigenvalue weighted by molar-refractivity contribution is 0.162. The molecule has 0 saturated heterocycles. The Morgan fingerprint density at radius 3 is 2.33 bits per heavy atom. The van der Waals surface area contributed by atoms with E-state index in [4.69, 9.17) is 19.4 Å². The van der Waals surface area contributed by atoms with Crippen molar-refractivity contribution in [1.82, 2.24) is 0 Å². The molecule has 0 N–H and O–H groups in total. The Labute approximate surface area is 139 Å². The quantitative estimate of drug-likeness (QED) is 0.536. The second kappa shape index (κ2) is 5.89. The van der Waals surface area contributed by atoms with Crippen LogP contribution in [0.25, 0.3) is 10.8 Å². The maximum absolute atomic E-state index is 6.41. The molecule has 0 amide bonds. The van der Waals surface area contributed by atoms with Gasteiger partial charge < -0.3 is 0 Å². The van der Waals surface area contributed by atoms with Gasteiger partial charge in [0, 0.05) is 21.1 Å². The van der Waals surface area contributed by atoms with Crippen molar-refractivity contribution in [3.05, 3.63) is 35.4 Å². The molecule has 0 aliphatic carbocycles. The average Bonchev–Trinajstić information content (AvgIpc) is 2.39. The van der Waals surface area contributed by atoms with Gasteiger partial charge in [-0.3, -0.25) is 0 Å². The highest BCUT2D eigenvalue weighted by atomic mass is 35.5. The molecule has 21 heavy (non-hydrogen) atoms. The fourth-order valence-corrected chi connectivity index (χ4v) is 3.76. The lowest BCUT2D eigenvalue weighted by atomic mass is 9.71. The molecule has 0 bridgehead atoms. The summed E-state index contributed by atoms with van der Waals surface area (Å²) < 4.78 is 0. The van der Waals surface area contributed by atoms with E-state index in [1.807, 2.05) is 30.0 Å². The van der Waals surface area contributed by atoms with Crippen molar-refractivity contribution >= 4 is 47.4 Å². The first kappa shape index (κ1) is 16.8. The molecule has 2 aromatic carbocycles. The standard InChI is InChI=1S/C18H22BClS/c1-17(2,3)18(4,5)11-21-15-8-6-7-12-13(19)9-10-14(20)16(12)15/h6-10H,11H2,1-5H3. The van der Waals surface area contributed by atoms with E-state index in [9.17, 15) is 0 Å². The Hall–Kier alpha value is -0.595. The van der Waals surface area contributed by atoms with Gasteiger partial charge in [0.15, 0.2) is 0 Å². The third kappa shape index (κ3) is 3.43. The smallest absolute Gasteiger partial charge is 0.114 e. The van der Waals surface area contributed by atoms with Crippen LogP contribution in [0.2, 0.25) is 5.02 Å². The third-order valence-corrected chi connectivity index (χ3v) is 6.44. The van der Waals surface area contributed by atoms with E-state index in [0.29, 0.717) is 0 Å². The van der Waals surface area contributed by atoms with Gasteiger partial charge in [-0.05, 0) is 28.3 Å². The molecule has 0 spiro atoms. The van der Waals surface area contributed by atoms with E-state index in [0.717, 1.165) is 27.0 Å². The molecular formula is C18H22BClS. The van der Waals surface area contributed by atoms with Crippen molar-refractivity contribution in [2.75, 3.05) is 5.75 Å². The van der Waals surface area contributed by atoms with Gasteiger partial charge in [0.05, 0.1) is 0 Å². The molecule has 2 aromatic rings. The topological polar surface area (TPSA) is 0 Å². The molecule has 2 radical (unpaired) electrons. The molecule has 0 unspecified atom stereocenters. The largest absolute Gasteiger partial charge is 0.125 e. The summed E-state index contributed by atoms with van der Waals surface area (Å²) in [5, 5.41) is 2.89. The predicted molar refractivity (Wildman–Crippen MR) is 98.3 cm³/mol. The van der Waals surface area contributed by atoms with Gasteiger partial charge in [-0.1, -0.05) is 69.9 Å². The summed E-state index contributed by atoms with van der Waals surface area (Å²) in [6.45, 7) is 11.5. The van der Waals surface area contributed by atoms with Crippen molar-refractivity contribution in [2.24, 2.45) is 10.8 Å². The number of halogens is 1. The van der Waals surface area contributed by atoms with Gasteiger partial charge in [-0.15, -0.1) is 11.8 Å². The fourth-order valence-electron chi connectivity index (χ4n) is 1.95. The maximum Gasteiger partial charge on any atom is 0.114 e. The van der Waals surface area contributed by atoms with Crippen molar-refractivity contribution in [3.8, 4) is 0 Å². The third-order valence-electron chi connectivity index (χ3n) is 4.60. The lowest BCUT2D eigenvalue weighted by Gasteiger charge is -2.38. The summed E-state index contributed by atoms with van der Waals surface area (Å²) in [5.41, 5.74) is 1.27. The Kier molecular flexibility index (Phi) is 4.70. The molecule has 3 heteroatoms. The second-order valence-electron chi connectivity index (χ2n) is 7.24. The zero-order valence-electron chi connectivity index (χ0n) is 13.5. The number of hydrogen-bond donors (Lipinski definition) is 0. The van der Waals surface area contributed by atoms with Crippen molar-refractivity contribution in [1.29, 1.82) is 0 Å². The predicted octanol–water partition coefficient (Wildman–Crippen LogP) is 5.45. The van der Waals surface area contributed by atoms with E-state index in [1.54, 1.807) is 0 Å². The first-order valence-electron chi connectivity index (χ1n) is 7.23. The highest BCUT2D eigenvalue weighted by Crippen LogP contribution is 2.43. The number of rotatable bonds is 3. The first-order chi connectivity index (χ1) is 9.63. The molecule has 0 nitrogen and oxygen atoms in total. The van der Waals surface area contributed by atoms with Crippen LogP contribution in [0.5, 0.6) is 0 Å². The maximum atomic E-state index is 6.41. The van der Waals surface area contributed by atoms with E-state index in [-0.39, 0.29) is 10.8 Å². The van der Waals surface area contributed by atoms with Crippen molar-refractivity contribution in [2.45, 2.75) is 39.5 Å². The van der Waals surface area contributed by atoms with Crippen LogP contribution in [0.1, 0.15) is 34.6 Å². The van der Waals surface area contributed by atoms with Gasteiger partial charge in [0.2, 0.25) is 0 Å². The molecule has 0 aliphatic rings. The number of thioether (sulfide) groups is 1. The summed E-state index contributed by atoms with van der Waals surface area (Å²) in [4.78, 5) is 1.21. The highest BCUT2D eigenvalue weighted by Gasteiger charge is 2.32. The van der Waals surface area contributed by atoms with E-state index in [2.05, 4.69) is 46.8 Å². The molecule has 0 saturated carbocycles. The van der Waals surface area contributed by atoms with Gasteiger partial charge >= 0.3 is 0 Å². The molecule has 0 fully saturated rings.